The molecule has 5 heteroatoms. The average molecular weight is 290 g/mol. The molecule has 0 bridgehead atoms. The SMILES string of the molecule is Cc1cc(C)c2nc(N3CCC[C@@H](C(=O)O)C3)sc2c1. The van der Waals surface area contributed by atoms with Crippen LogP contribution in [0.2, 0.25) is 0 Å². The number of aliphatic carboxylic acids is 1. The van der Waals surface area contributed by atoms with Crippen LogP contribution in [0.4, 0.5) is 5.13 Å². The molecule has 1 aliphatic rings. The largest absolute Gasteiger partial charge is 0.481 e. The molecule has 1 fully saturated rings. The summed E-state index contributed by atoms with van der Waals surface area (Å²) in [5.74, 6) is -0.957. The van der Waals surface area contributed by atoms with E-state index in [-0.39, 0.29) is 5.92 Å². The van der Waals surface area contributed by atoms with E-state index in [0.29, 0.717) is 6.54 Å². The molecule has 0 amide bonds. The summed E-state index contributed by atoms with van der Waals surface area (Å²) in [5, 5.41) is 10.1. The first-order valence-electron chi connectivity index (χ1n) is 6.90. The molecule has 0 saturated carbocycles. The lowest BCUT2D eigenvalue weighted by Gasteiger charge is -2.30. The first-order valence-corrected chi connectivity index (χ1v) is 7.72. The minimum atomic E-state index is -0.692. The summed E-state index contributed by atoms with van der Waals surface area (Å²) in [6.07, 6.45) is 1.69. The Balaban J connectivity index is 1.94. The summed E-state index contributed by atoms with van der Waals surface area (Å²) in [4.78, 5) is 18.0. The first-order chi connectivity index (χ1) is 9.54. The Morgan fingerprint density at radius 3 is 3.00 bits per heavy atom. The summed E-state index contributed by atoms with van der Waals surface area (Å²) in [6.45, 7) is 5.65. The lowest BCUT2D eigenvalue weighted by molar-refractivity contribution is -0.141. The molecule has 3 rings (SSSR count). The Kier molecular flexibility index (Phi) is 3.38. The summed E-state index contributed by atoms with van der Waals surface area (Å²) < 4.78 is 1.19. The van der Waals surface area contributed by atoms with E-state index in [0.717, 1.165) is 30.0 Å². The number of fused-ring (bicyclic) bond motifs is 1. The number of carboxylic acids is 1. The van der Waals surface area contributed by atoms with Gasteiger partial charge in [0.1, 0.15) is 0 Å². The zero-order valence-electron chi connectivity index (χ0n) is 11.7. The maximum absolute atomic E-state index is 11.2. The highest BCUT2D eigenvalue weighted by atomic mass is 32.1. The zero-order valence-corrected chi connectivity index (χ0v) is 12.5. The number of anilines is 1. The van der Waals surface area contributed by atoms with Gasteiger partial charge in [0.2, 0.25) is 0 Å². The summed E-state index contributed by atoms with van der Waals surface area (Å²) in [5.41, 5.74) is 3.48. The third kappa shape index (κ3) is 2.38. The Bertz CT molecular complexity index is 665. The Morgan fingerprint density at radius 1 is 1.45 bits per heavy atom. The van der Waals surface area contributed by atoms with Gasteiger partial charge >= 0.3 is 5.97 Å². The van der Waals surface area contributed by atoms with Gasteiger partial charge in [-0.25, -0.2) is 4.98 Å². The van der Waals surface area contributed by atoms with E-state index >= 15 is 0 Å². The monoisotopic (exact) mass is 290 g/mol. The molecule has 0 aliphatic carbocycles. The van der Waals surface area contributed by atoms with Gasteiger partial charge in [-0.1, -0.05) is 17.4 Å². The Morgan fingerprint density at radius 2 is 2.25 bits per heavy atom. The molecule has 1 aromatic heterocycles. The van der Waals surface area contributed by atoms with Crippen LogP contribution in [0.3, 0.4) is 0 Å². The van der Waals surface area contributed by atoms with Crippen LogP contribution in [0, 0.1) is 19.8 Å². The summed E-state index contributed by atoms with van der Waals surface area (Å²) in [6, 6.07) is 4.30. The van der Waals surface area contributed by atoms with Gasteiger partial charge in [-0.2, -0.15) is 0 Å². The average Bonchev–Trinajstić information content (AvgIpc) is 2.83. The van der Waals surface area contributed by atoms with Crippen molar-refractivity contribution in [2.24, 2.45) is 5.92 Å². The van der Waals surface area contributed by atoms with Crippen molar-refractivity contribution in [2.45, 2.75) is 26.7 Å². The lowest BCUT2D eigenvalue weighted by Crippen LogP contribution is -2.38. The van der Waals surface area contributed by atoms with Gasteiger partial charge in [-0.15, -0.1) is 0 Å². The highest BCUT2D eigenvalue weighted by Crippen LogP contribution is 2.33. The second kappa shape index (κ2) is 5.05. The smallest absolute Gasteiger partial charge is 0.308 e. The van der Waals surface area contributed by atoms with Crippen LogP contribution in [0.1, 0.15) is 24.0 Å². The molecule has 20 heavy (non-hydrogen) atoms. The fourth-order valence-corrected chi connectivity index (χ4v) is 4.02. The number of carboxylic acid groups (broad SMARTS) is 1. The van der Waals surface area contributed by atoms with E-state index in [1.54, 1.807) is 11.3 Å². The predicted molar refractivity (Wildman–Crippen MR) is 81.7 cm³/mol. The van der Waals surface area contributed by atoms with Crippen molar-refractivity contribution in [1.29, 1.82) is 0 Å². The van der Waals surface area contributed by atoms with Crippen LogP contribution >= 0.6 is 11.3 Å². The molecule has 2 aromatic rings. The molecule has 106 valence electrons. The highest BCUT2D eigenvalue weighted by molar-refractivity contribution is 7.22. The fraction of sp³-hybridized carbons (Fsp3) is 0.467. The van der Waals surface area contributed by atoms with Gasteiger partial charge in [-0.3, -0.25) is 4.79 Å². The third-order valence-electron chi connectivity index (χ3n) is 3.86. The Labute approximate surface area is 122 Å². The molecule has 0 unspecified atom stereocenters. The molecule has 1 N–H and O–H groups in total. The van der Waals surface area contributed by atoms with Crippen LogP contribution in [-0.2, 0) is 4.79 Å². The lowest BCUT2D eigenvalue weighted by atomic mass is 9.99. The maximum Gasteiger partial charge on any atom is 0.308 e. The van der Waals surface area contributed by atoms with Crippen molar-refractivity contribution >= 4 is 32.7 Å². The van der Waals surface area contributed by atoms with Gasteiger partial charge in [0, 0.05) is 13.1 Å². The molecule has 4 nitrogen and oxygen atoms in total. The number of hydrogen-bond donors (Lipinski definition) is 1. The van der Waals surface area contributed by atoms with E-state index < -0.39 is 5.97 Å². The van der Waals surface area contributed by atoms with Crippen LogP contribution < -0.4 is 4.90 Å². The molecule has 1 atom stereocenters. The van der Waals surface area contributed by atoms with Crippen molar-refractivity contribution in [2.75, 3.05) is 18.0 Å². The maximum atomic E-state index is 11.2. The second-order valence-corrected chi connectivity index (χ2v) is 6.56. The summed E-state index contributed by atoms with van der Waals surface area (Å²) in [7, 11) is 0. The van der Waals surface area contributed by atoms with Gasteiger partial charge < -0.3 is 10.0 Å². The van der Waals surface area contributed by atoms with E-state index in [9.17, 15) is 9.90 Å². The van der Waals surface area contributed by atoms with Gasteiger partial charge in [0.15, 0.2) is 5.13 Å². The van der Waals surface area contributed by atoms with Crippen LogP contribution in [0.15, 0.2) is 12.1 Å². The second-order valence-electron chi connectivity index (χ2n) is 5.55. The van der Waals surface area contributed by atoms with E-state index in [1.165, 1.54) is 15.8 Å². The van der Waals surface area contributed by atoms with Crippen LogP contribution in [-0.4, -0.2) is 29.1 Å². The number of carbonyl (C=O) groups is 1. The number of nitrogens with zero attached hydrogens (tertiary/aromatic N) is 2. The van der Waals surface area contributed by atoms with Crippen molar-refractivity contribution < 1.29 is 9.90 Å². The molecule has 1 aliphatic heterocycles. The molecule has 1 aromatic carbocycles. The van der Waals surface area contributed by atoms with E-state index in [4.69, 9.17) is 4.98 Å². The first kappa shape index (κ1) is 13.4. The number of aryl methyl sites for hydroxylation is 2. The number of aromatic nitrogens is 1. The quantitative estimate of drug-likeness (QED) is 0.922. The molecule has 1 saturated heterocycles. The van der Waals surface area contributed by atoms with Gasteiger partial charge in [-0.05, 0) is 43.9 Å². The minimum Gasteiger partial charge on any atom is -0.481 e. The third-order valence-corrected chi connectivity index (χ3v) is 4.92. The normalized spacial score (nSPS) is 19.5. The van der Waals surface area contributed by atoms with Crippen LogP contribution in [0.25, 0.3) is 10.2 Å². The summed E-state index contributed by atoms with van der Waals surface area (Å²) >= 11 is 1.67. The highest BCUT2D eigenvalue weighted by Gasteiger charge is 2.27. The van der Waals surface area contributed by atoms with Crippen molar-refractivity contribution in [3.05, 3.63) is 23.3 Å². The molecule has 0 spiro atoms. The zero-order chi connectivity index (χ0) is 14.3. The topological polar surface area (TPSA) is 53.4 Å². The molecular formula is C15H18N2O2S. The standard InChI is InChI=1S/C15H18N2O2S/c1-9-6-10(2)13-12(7-9)20-15(16-13)17-5-3-4-11(8-17)14(18)19/h6-7,11H,3-5,8H2,1-2H3,(H,18,19)/t11-/m1/s1. The number of benzene rings is 1. The number of rotatable bonds is 2. The number of piperidine rings is 1. The van der Waals surface area contributed by atoms with Crippen molar-refractivity contribution in [1.82, 2.24) is 4.98 Å². The minimum absolute atomic E-state index is 0.265. The van der Waals surface area contributed by atoms with Crippen molar-refractivity contribution in [3.8, 4) is 0 Å². The van der Waals surface area contributed by atoms with Crippen molar-refractivity contribution in [3.63, 3.8) is 0 Å². The fourth-order valence-electron chi connectivity index (χ4n) is 2.85. The number of thiazole rings is 1. The van der Waals surface area contributed by atoms with E-state index in [2.05, 4.69) is 30.9 Å². The molecular weight excluding hydrogens is 272 g/mol. The number of hydrogen-bond acceptors (Lipinski definition) is 4. The van der Waals surface area contributed by atoms with E-state index in [1.807, 2.05) is 0 Å². The van der Waals surface area contributed by atoms with Gasteiger partial charge in [0.25, 0.3) is 0 Å². The Hall–Kier alpha value is -1.62. The van der Waals surface area contributed by atoms with Crippen LogP contribution in [0.5, 0.6) is 0 Å². The predicted octanol–water partition coefficient (Wildman–Crippen LogP) is 3.21. The molecule has 2 heterocycles. The molecule has 0 radical (unpaired) electrons. The van der Waals surface area contributed by atoms with Gasteiger partial charge in [0.05, 0.1) is 16.1 Å².